The average molecular weight is 473 g/mol. The van der Waals surface area contributed by atoms with Gasteiger partial charge in [-0.05, 0) is 31.4 Å². The summed E-state index contributed by atoms with van der Waals surface area (Å²) in [6.07, 6.45) is 9.98. The van der Waals surface area contributed by atoms with Crippen molar-refractivity contribution < 1.29 is 23.9 Å². The van der Waals surface area contributed by atoms with Gasteiger partial charge >= 0.3 is 11.9 Å². The van der Waals surface area contributed by atoms with E-state index < -0.39 is 17.4 Å². The number of halogens is 2. The molecule has 0 amide bonds. The summed E-state index contributed by atoms with van der Waals surface area (Å²) in [7, 11) is 0. The van der Waals surface area contributed by atoms with Gasteiger partial charge in [0.2, 0.25) is 0 Å². The van der Waals surface area contributed by atoms with Crippen LogP contribution in [0.5, 0.6) is 5.75 Å². The molecule has 0 aliphatic rings. The van der Waals surface area contributed by atoms with Gasteiger partial charge in [-0.1, -0.05) is 88.9 Å². The van der Waals surface area contributed by atoms with Gasteiger partial charge in [-0.3, -0.25) is 14.4 Å². The minimum atomic E-state index is -1.46. The second-order valence-corrected chi connectivity index (χ2v) is 8.56. The Morgan fingerprint density at radius 1 is 0.903 bits per heavy atom. The van der Waals surface area contributed by atoms with Crippen molar-refractivity contribution >= 4 is 41.4 Å². The minimum absolute atomic E-state index is 0.0244. The molecule has 174 valence electrons. The lowest BCUT2D eigenvalue weighted by atomic mass is 9.82. The molecule has 31 heavy (non-hydrogen) atoms. The topological polar surface area (TPSA) is 69.7 Å². The maximum absolute atomic E-state index is 13.0. The zero-order valence-electron chi connectivity index (χ0n) is 18.8. The summed E-state index contributed by atoms with van der Waals surface area (Å²) in [5, 5.41) is 0.269. The molecule has 0 aromatic heterocycles. The van der Waals surface area contributed by atoms with E-state index in [0.29, 0.717) is 6.29 Å². The van der Waals surface area contributed by atoms with Crippen molar-refractivity contribution in [3.8, 4) is 5.75 Å². The van der Waals surface area contributed by atoms with Crippen molar-refractivity contribution in [1.82, 2.24) is 0 Å². The van der Waals surface area contributed by atoms with E-state index in [-0.39, 0.29) is 40.8 Å². The first kappa shape index (κ1) is 27.4. The average Bonchev–Trinajstić information content (AvgIpc) is 2.75. The zero-order chi connectivity index (χ0) is 23.3. The van der Waals surface area contributed by atoms with Gasteiger partial charge in [0.1, 0.15) is 0 Å². The second-order valence-electron chi connectivity index (χ2n) is 7.71. The first-order valence-electron chi connectivity index (χ1n) is 11.2. The molecule has 1 aromatic carbocycles. The van der Waals surface area contributed by atoms with Gasteiger partial charge in [0.25, 0.3) is 0 Å². The third kappa shape index (κ3) is 8.12. The lowest BCUT2D eigenvalue weighted by Crippen LogP contribution is -2.42. The van der Waals surface area contributed by atoms with Crippen LogP contribution in [0.2, 0.25) is 10.0 Å². The van der Waals surface area contributed by atoms with Gasteiger partial charge in [0.05, 0.1) is 17.2 Å². The monoisotopic (exact) mass is 472 g/mol. The van der Waals surface area contributed by atoms with Crippen LogP contribution in [0.3, 0.4) is 0 Å². The van der Waals surface area contributed by atoms with Crippen molar-refractivity contribution in [2.24, 2.45) is 5.41 Å². The van der Waals surface area contributed by atoms with Crippen LogP contribution in [0.1, 0.15) is 95.3 Å². The molecule has 0 saturated carbocycles. The molecule has 0 spiro atoms. The van der Waals surface area contributed by atoms with Crippen LogP contribution in [0.25, 0.3) is 0 Å². The van der Waals surface area contributed by atoms with Gasteiger partial charge in [-0.25, -0.2) is 0 Å². The molecular formula is C24H34Cl2O5. The number of rotatable bonds is 15. The molecule has 0 heterocycles. The first-order valence-corrected chi connectivity index (χ1v) is 12.0. The van der Waals surface area contributed by atoms with Crippen LogP contribution < -0.4 is 4.74 Å². The van der Waals surface area contributed by atoms with Crippen molar-refractivity contribution in [2.75, 3.05) is 6.61 Å². The Labute approximate surface area is 195 Å². The van der Waals surface area contributed by atoms with E-state index >= 15 is 0 Å². The maximum atomic E-state index is 13.0. The SMILES string of the molecule is CCCCCCCCCCOC(=O)C(CC)(CC)C(=O)Oc1c(Cl)cc(Cl)cc1C=O. The number of aldehydes is 1. The summed E-state index contributed by atoms with van der Waals surface area (Å²) >= 11 is 12.0. The first-order chi connectivity index (χ1) is 14.9. The van der Waals surface area contributed by atoms with Gasteiger partial charge in [-0.15, -0.1) is 0 Å². The fourth-order valence-electron chi connectivity index (χ4n) is 3.42. The third-order valence-electron chi connectivity index (χ3n) is 5.58. The zero-order valence-corrected chi connectivity index (χ0v) is 20.3. The van der Waals surface area contributed by atoms with E-state index in [1.807, 2.05) is 0 Å². The fraction of sp³-hybridized carbons (Fsp3) is 0.625. The van der Waals surface area contributed by atoms with E-state index in [1.165, 1.54) is 44.2 Å². The Kier molecular flexibility index (Phi) is 12.8. The van der Waals surface area contributed by atoms with Crippen LogP contribution in [0.4, 0.5) is 0 Å². The van der Waals surface area contributed by atoms with E-state index in [2.05, 4.69) is 6.92 Å². The molecule has 1 rings (SSSR count). The van der Waals surface area contributed by atoms with Crippen molar-refractivity contribution in [2.45, 2.75) is 85.0 Å². The van der Waals surface area contributed by atoms with Crippen LogP contribution in [-0.4, -0.2) is 24.8 Å². The predicted octanol–water partition coefficient (Wildman–Crippen LogP) is 7.20. The van der Waals surface area contributed by atoms with Gasteiger partial charge in [0.15, 0.2) is 17.5 Å². The third-order valence-corrected chi connectivity index (χ3v) is 6.08. The molecule has 0 saturated heterocycles. The molecule has 0 aliphatic carbocycles. The van der Waals surface area contributed by atoms with Gasteiger partial charge in [-0.2, -0.15) is 0 Å². The predicted molar refractivity (Wildman–Crippen MR) is 124 cm³/mol. The standard InChI is InChI=1S/C24H34Cl2O5/c1-4-7-8-9-10-11-12-13-14-30-22(28)24(5-2,6-3)23(29)31-21-18(17-27)15-19(25)16-20(21)26/h15-17H,4-14H2,1-3H3. The van der Waals surface area contributed by atoms with Crippen molar-refractivity contribution in [3.63, 3.8) is 0 Å². The molecule has 0 fully saturated rings. The summed E-state index contributed by atoms with van der Waals surface area (Å²) in [5.41, 5.74) is -1.41. The Morgan fingerprint density at radius 3 is 2.03 bits per heavy atom. The highest BCUT2D eigenvalue weighted by Crippen LogP contribution is 2.36. The summed E-state index contributed by atoms with van der Waals surface area (Å²) < 4.78 is 10.9. The number of hydrogen-bond acceptors (Lipinski definition) is 5. The number of carbonyl (C=O) groups is 3. The van der Waals surface area contributed by atoms with E-state index in [4.69, 9.17) is 32.7 Å². The number of benzene rings is 1. The largest absolute Gasteiger partial charge is 0.465 e. The van der Waals surface area contributed by atoms with E-state index in [1.54, 1.807) is 13.8 Å². The molecular weight excluding hydrogens is 439 g/mol. The number of hydrogen-bond donors (Lipinski definition) is 0. The molecule has 0 aliphatic heterocycles. The minimum Gasteiger partial charge on any atom is -0.465 e. The van der Waals surface area contributed by atoms with Crippen molar-refractivity contribution in [3.05, 3.63) is 27.7 Å². The smallest absolute Gasteiger partial charge is 0.328 e. The quantitative estimate of drug-likeness (QED) is 0.0886. The Balaban J connectivity index is 2.68. The van der Waals surface area contributed by atoms with Gasteiger partial charge in [0, 0.05) is 5.02 Å². The molecule has 7 heteroatoms. The maximum Gasteiger partial charge on any atom is 0.328 e. The number of unbranched alkanes of at least 4 members (excludes halogenated alkanes) is 7. The van der Waals surface area contributed by atoms with E-state index in [0.717, 1.165) is 19.3 Å². The highest BCUT2D eigenvalue weighted by atomic mass is 35.5. The van der Waals surface area contributed by atoms with Crippen molar-refractivity contribution in [1.29, 1.82) is 0 Å². The van der Waals surface area contributed by atoms with Crippen LogP contribution >= 0.6 is 23.2 Å². The Morgan fingerprint density at radius 2 is 1.48 bits per heavy atom. The molecule has 0 atom stereocenters. The summed E-state index contributed by atoms with van der Waals surface area (Å²) in [6, 6.07) is 2.72. The lowest BCUT2D eigenvalue weighted by Gasteiger charge is -2.27. The normalized spacial score (nSPS) is 11.3. The molecule has 0 radical (unpaired) electrons. The number of carbonyl (C=O) groups excluding carboxylic acids is 3. The number of esters is 2. The van der Waals surface area contributed by atoms with Crippen LogP contribution in [0.15, 0.2) is 12.1 Å². The fourth-order valence-corrected chi connectivity index (χ4v) is 3.96. The van der Waals surface area contributed by atoms with Gasteiger partial charge < -0.3 is 9.47 Å². The Hall–Kier alpha value is -1.59. The van der Waals surface area contributed by atoms with E-state index in [9.17, 15) is 14.4 Å². The number of ether oxygens (including phenoxy) is 2. The molecule has 0 N–H and O–H groups in total. The second kappa shape index (κ2) is 14.5. The highest BCUT2D eigenvalue weighted by Gasteiger charge is 2.46. The molecule has 0 unspecified atom stereocenters. The molecule has 0 bridgehead atoms. The summed E-state index contributed by atoms with van der Waals surface area (Å²) in [4.78, 5) is 37.1. The summed E-state index contributed by atoms with van der Waals surface area (Å²) in [5.74, 6) is -1.50. The van der Waals surface area contributed by atoms with Crippen LogP contribution in [0, 0.1) is 5.41 Å². The Bertz CT molecular complexity index is 729. The van der Waals surface area contributed by atoms with Crippen LogP contribution in [-0.2, 0) is 14.3 Å². The summed E-state index contributed by atoms with van der Waals surface area (Å²) in [6.45, 7) is 5.92. The highest BCUT2D eigenvalue weighted by molar-refractivity contribution is 6.36. The lowest BCUT2D eigenvalue weighted by molar-refractivity contribution is -0.168. The molecule has 1 aromatic rings. The molecule has 5 nitrogen and oxygen atoms in total.